The first-order chi connectivity index (χ1) is 17.1. The molecule has 0 aliphatic heterocycles. The molecule has 14 heteroatoms. The van der Waals surface area contributed by atoms with Crippen LogP contribution in [0.4, 0.5) is 23.3 Å². The van der Waals surface area contributed by atoms with E-state index in [0.717, 1.165) is 0 Å². The Morgan fingerprint density at radius 1 is 0.611 bits per heavy atom. The number of nitrogens with zero attached hydrogens (tertiary/aromatic N) is 4. The Balaban J connectivity index is 1.68. The van der Waals surface area contributed by atoms with Crippen molar-refractivity contribution in [1.82, 2.24) is 19.9 Å². The minimum atomic E-state index is -4.66. The van der Waals surface area contributed by atoms with E-state index in [1.165, 1.54) is 73.3 Å². The molecule has 2 aromatic carbocycles. The SMILES string of the molecule is O=S(=O)(O)c1cc(Nc2ncccn2)ccc1/C=C/c1ccc(Nc2ncccn2)cc1S(=O)(=O)O. The standard InChI is InChI=1S/C22H18N6O6S2/c29-35(30,31)19-13-17(27-21-23-9-1-10-24-21)7-5-15(19)3-4-16-6-8-18(14-20(16)36(32,33)34)28-22-25-11-2-12-26-22/h1-14H,(H,23,24,27)(H,25,26,28)(H,29,30,31)(H,32,33,34)/b4-3+. The Morgan fingerprint density at radius 2 is 0.972 bits per heavy atom. The highest BCUT2D eigenvalue weighted by molar-refractivity contribution is 7.86. The van der Waals surface area contributed by atoms with E-state index < -0.39 is 30.0 Å². The third-order valence-corrected chi connectivity index (χ3v) is 6.49. The van der Waals surface area contributed by atoms with Crippen LogP contribution in [-0.2, 0) is 20.2 Å². The molecule has 0 amide bonds. The number of hydrogen-bond donors (Lipinski definition) is 4. The van der Waals surface area contributed by atoms with Crippen LogP contribution < -0.4 is 10.6 Å². The van der Waals surface area contributed by atoms with Crippen molar-refractivity contribution in [2.24, 2.45) is 0 Å². The van der Waals surface area contributed by atoms with E-state index in [0.29, 0.717) is 11.4 Å². The number of benzene rings is 2. The number of rotatable bonds is 8. The highest BCUT2D eigenvalue weighted by Crippen LogP contribution is 2.27. The van der Waals surface area contributed by atoms with Crippen molar-refractivity contribution in [3.63, 3.8) is 0 Å². The quantitative estimate of drug-likeness (QED) is 0.194. The molecule has 0 aliphatic rings. The molecule has 0 atom stereocenters. The number of nitrogens with one attached hydrogen (secondary N) is 2. The van der Waals surface area contributed by atoms with E-state index >= 15 is 0 Å². The smallest absolute Gasteiger partial charge is 0.295 e. The zero-order valence-electron chi connectivity index (χ0n) is 18.2. The molecule has 0 saturated carbocycles. The molecule has 12 nitrogen and oxygen atoms in total. The predicted molar refractivity (Wildman–Crippen MR) is 132 cm³/mol. The predicted octanol–water partition coefficient (Wildman–Crippen LogP) is 3.42. The van der Waals surface area contributed by atoms with Crippen molar-refractivity contribution in [3.8, 4) is 0 Å². The van der Waals surface area contributed by atoms with Crippen LogP contribution in [-0.4, -0.2) is 45.9 Å². The minimum absolute atomic E-state index is 0.0678. The Hall–Kier alpha value is -4.24. The third kappa shape index (κ3) is 6.25. The lowest BCUT2D eigenvalue weighted by molar-refractivity contribution is 0.480. The van der Waals surface area contributed by atoms with E-state index in [1.54, 1.807) is 12.1 Å². The summed E-state index contributed by atoms with van der Waals surface area (Å²) < 4.78 is 67.6. The Morgan fingerprint density at radius 3 is 1.31 bits per heavy atom. The zero-order chi connectivity index (χ0) is 25.8. The first-order valence-corrected chi connectivity index (χ1v) is 13.0. The fourth-order valence-electron chi connectivity index (χ4n) is 3.11. The van der Waals surface area contributed by atoms with Gasteiger partial charge in [0.05, 0.1) is 0 Å². The molecule has 0 radical (unpaired) electrons. The van der Waals surface area contributed by atoms with Gasteiger partial charge in [0.1, 0.15) is 9.79 Å². The summed E-state index contributed by atoms with van der Waals surface area (Å²) in [6, 6.07) is 11.5. The van der Waals surface area contributed by atoms with E-state index in [1.807, 2.05) is 0 Å². The molecule has 4 rings (SSSR count). The Bertz CT molecular complexity index is 1510. The van der Waals surface area contributed by atoms with Gasteiger partial charge in [0, 0.05) is 36.2 Å². The van der Waals surface area contributed by atoms with Crippen LogP contribution >= 0.6 is 0 Å². The maximum Gasteiger partial charge on any atom is 0.295 e. The molecule has 0 saturated heterocycles. The summed E-state index contributed by atoms with van der Waals surface area (Å²) in [5.41, 5.74) is 0.725. The molecule has 0 spiro atoms. The second kappa shape index (κ2) is 10.2. The molecule has 36 heavy (non-hydrogen) atoms. The average Bonchev–Trinajstić information content (AvgIpc) is 2.84. The highest BCUT2D eigenvalue weighted by Gasteiger charge is 2.18. The van der Waals surface area contributed by atoms with Gasteiger partial charge in [-0.05, 0) is 47.5 Å². The van der Waals surface area contributed by atoms with Gasteiger partial charge in [0.15, 0.2) is 0 Å². The molecule has 4 N–H and O–H groups in total. The molecule has 0 aliphatic carbocycles. The van der Waals surface area contributed by atoms with Crippen LogP contribution in [0.25, 0.3) is 12.2 Å². The highest BCUT2D eigenvalue weighted by atomic mass is 32.2. The molecule has 0 unspecified atom stereocenters. The van der Waals surface area contributed by atoms with E-state index in [4.69, 9.17) is 0 Å². The van der Waals surface area contributed by atoms with Crippen LogP contribution in [0.3, 0.4) is 0 Å². The van der Waals surface area contributed by atoms with Gasteiger partial charge in [-0.25, -0.2) is 19.9 Å². The molecule has 0 bridgehead atoms. The lowest BCUT2D eigenvalue weighted by Crippen LogP contribution is -2.04. The van der Waals surface area contributed by atoms with Crippen molar-refractivity contribution in [3.05, 3.63) is 84.4 Å². The van der Waals surface area contributed by atoms with Gasteiger partial charge in [-0.15, -0.1) is 0 Å². The van der Waals surface area contributed by atoms with Gasteiger partial charge in [0.25, 0.3) is 20.2 Å². The molecular formula is C22H18N6O6S2. The van der Waals surface area contributed by atoms with Crippen molar-refractivity contribution in [1.29, 1.82) is 0 Å². The second-order valence-corrected chi connectivity index (χ2v) is 9.96. The van der Waals surface area contributed by atoms with Crippen LogP contribution in [0.1, 0.15) is 11.1 Å². The summed E-state index contributed by atoms with van der Waals surface area (Å²) in [5.74, 6) is 0.434. The molecule has 4 aromatic rings. The minimum Gasteiger partial charge on any atom is -0.324 e. The van der Waals surface area contributed by atoms with Gasteiger partial charge in [0.2, 0.25) is 11.9 Å². The van der Waals surface area contributed by atoms with Gasteiger partial charge in [-0.3, -0.25) is 9.11 Å². The van der Waals surface area contributed by atoms with Crippen LogP contribution in [0.2, 0.25) is 0 Å². The van der Waals surface area contributed by atoms with E-state index in [9.17, 15) is 25.9 Å². The van der Waals surface area contributed by atoms with Crippen molar-refractivity contribution in [2.45, 2.75) is 9.79 Å². The van der Waals surface area contributed by atoms with Crippen molar-refractivity contribution in [2.75, 3.05) is 10.6 Å². The fourth-order valence-corrected chi connectivity index (χ4v) is 4.53. The van der Waals surface area contributed by atoms with Crippen LogP contribution in [0, 0.1) is 0 Å². The molecular weight excluding hydrogens is 508 g/mol. The maximum atomic E-state index is 12.0. The summed E-state index contributed by atoms with van der Waals surface area (Å²) >= 11 is 0. The molecule has 184 valence electrons. The lowest BCUT2D eigenvalue weighted by Gasteiger charge is -2.10. The average molecular weight is 527 g/mol. The first-order valence-electron chi connectivity index (χ1n) is 10.1. The van der Waals surface area contributed by atoms with Crippen molar-refractivity contribution < 1.29 is 25.9 Å². The number of aromatic nitrogens is 4. The maximum absolute atomic E-state index is 12.0. The topological polar surface area (TPSA) is 184 Å². The van der Waals surface area contributed by atoms with Gasteiger partial charge in [-0.1, -0.05) is 24.3 Å². The molecule has 2 aromatic heterocycles. The fraction of sp³-hybridized carbons (Fsp3) is 0. The summed E-state index contributed by atoms with van der Waals surface area (Å²) in [6.07, 6.45) is 8.58. The summed E-state index contributed by atoms with van der Waals surface area (Å²) in [6.45, 7) is 0. The van der Waals surface area contributed by atoms with Gasteiger partial charge < -0.3 is 10.6 Å². The van der Waals surface area contributed by atoms with Gasteiger partial charge in [-0.2, -0.15) is 16.8 Å². The summed E-state index contributed by atoms with van der Waals surface area (Å²) in [4.78, 5) is 15.1. The van der Waals surface area contributed by atoms with Gasteiger partial charge >= 0.3 is 0 Å². The zero-order valence-corrected chi connectivity index (χ0v) is 19.8. The Labute approximate surface area is 206 Å². The molecule has 0 fully saturated rings. The molecule has 2 heterocycles. The second-order valence-electron chi connectivity index (χ2n) is 7.18. The largest absolute Gasteiger partial charge is 0.324 e. The van der Waals surface area contributed by atoms with Crippen molar-refractivity contribution >= 4 is 55.7 Å². The van der Waals surface area contributed by atoms with E-state index in [-0.39, 0.29) is 23.0 Å². The van der Waals surface area contributed by atoms with Crippen LogP contribution in [0.5, 0.6) is 0 Å². The van der Waals surface area contributed by atoms with Crippen LogP contribution in [0.15, 0.2) is 83.1 Å². The summed E-state index contributed by atoms with van der Waals surface area (Å²) in [7, 11) is -9.31. The monoisotopic (exact) mass is 526 g/mol. The summed E-state index contributed by atoms with van der Waals surface area (Å²) in [5, 5.41) is 5.64. The number of anilines is 4. The third-order valence-electron chi connectivity index (χ3n) is 4.67. The lowest BCUT2D eigenvalue weighted by atomic mass is 10.1. The van der Waals surface area contributed by atoms with E-state index in [2.05, 4.69) is 30.6 Å². The number of hydrogen-bond acceptors (Lipinski definition) is 10. The first kappa shape index (κ1) is 24.9. The Kier molecular flexibility index (Phi) is 7.03. The normalized spacial score (nSPS) is 11.9.